The Morgan fingerprint density at radius 3 is 2.19 bits per heavy atom. The standard InChI is InChI=1S/C18H17N3/c1-12-6-14(3)17(7-13(12)2)11-21-18-5-4-15(9-19)16(8-18)10-20/h4-8,21H,11H2,1-3H3. The Hall–Kier alpha value is -2.78. The van der Waals surface area contributed by atoms with Gasteiger partial charge in [-0.2, -0.15) is 10.5 Å². The highest BCUT2D eigenvalue weighted by Crippen LogP contribution is 2.19. The van der Waals surface area contributed by atoms with Gasteiger partial charge in [0.25, 0.3) is 0 Å². The van der Waals surface area contributed by atoms with Gasteiger partial charge in [0, 0.05) is 12.2 Å². The Labute approximate surface area is 125 Å². The molecule has 3 nitrogen and oxygen atoms in total. The molecule has 21 heavy (non-hydrogen) atoms. The second-order valence-corrected chi connectivity index (χ2v) is 5.20. The van der Waals surface area contributed by atoms with E-state index in [0.717, 1.165) is 5.69 Å². The molecule has 0 radical (unpaired) electrons. The van der Waals surface area contributed by atoms with Gasteiger partial charge in [0.2, 0.25) is 0 Å². The number of rotatable bonds is 3. The summed E-state index contributed by atoms with van der Waals surface area (Å²) in [4.78, 5) is 0. The molecular formula is C18H17N3. The number of aryl methyl sites for hydroxylation is 3. The maximum atomic E-state index is 9.04. The van der Waals surface area contributed by atoms with Crippen LogP contribution in [0.3, 0.4) is 0 Å². The quantitative estimate of drug-likeness (QED) is 0.922. The highest BCUT2D eigenvalue weighted by atomic mass is 14.9. The first-order chi connectivity index (χ1) is 10.0. The first-order valence-electron chi connectivity index (χ1n) is 6.80. The first kappa shape index (κ1) is 14.6. The number of nitrogens with zero attached hydrogens (tertiary/aromatic N) is 2. The average Bonchev–Trinajstić information content (AvgIpc) is 2.49. The molecule has 0 saturated heterocycles. The molecule has 0 aliphatic heterocycles. The molecule has 2 aromatic rings. The van der Waals surface area contributed by atoms with Crippen molar-refractivity contribution in [3.63, 3.8) is 0 Å². The number of benzene rings is 2. The van der Waals surface area contributed by atoms with Gasteiger partial charge in [0.1, 0.15) is 12.1 Å². The molecule has 0 unspecified atom stereocenters. The van der Waals surface area contributed by atoms with Gasteiger partial charge in [-0.25, -0.2) is 0 Å². The van der Waals surface area contributed by atoms with E-state index >= 15 is 0 Å². The Bertz CT molecular complexity index is 761. The summed E-state index contributed by atoms with van der Waals surface area (Å²) in [7, 11) is 0. The number of anilines is 1. The predicted molar refractivity (Wildman–Crippen MR) is 83.9 cm³/mol. The maximum Gasteiger partial charge on any atom is 0.101 e. The summed E-state index contributed by atoms with van der Waals surface area (Å²) in [6, 6.07) is 13.7. The molecule has 0 aliphatic rings. The Kier molecular flexibility index (Phi) is 4.26. The summed E-state index contributed by atoms with van der Waals surface area (Å²) in [5.41, 5.74) is 6.71. The Morgan fingerprint density at radius 2 is 1.52 bits per heavy atom. The third-order valence-corrected chi connectivity index (χ3v) is 3.70. The van der Waals surface area contributed by atoms with E-state index in [9.17, 15) is 0 Å². The van der Waals surface area contributed by atoms with E-state index in [1.807, 2.05) is 12.1 Å². The van der Waals surface area contributed by atoms with Crippen molar-refractivity contribution in [1.29, 1.82) is 10.5 Å². The van der Waals surface area contributed by atoms with Gasteiger partial charge in [-0.3, -0.25) is 0 Å². The molecule has 0 aliphatic carbocycles. The van der Waals surface area contributed by atoms with E-state index in [4.69, 9.17) is 10.5 Å². The van der Waals surface area contributed by atoms with Crippen LogP contribution in [0.2, 0.25) is 0 Å². The molecule has 0 fully saturated rings. The van der Waals surface area contributed by atoms with Crippen molar-refractivity contribution < 1.29 is 0 Å². The van der Waals surface area contributed by atoms with Crippen molar-refractivity contribution >= 4 is 5.69 Å². The second kappa shape index (κ2) is 6.11. The van der Waals surface area contributed by atoms with Crippen molar-refractivity contribution in [2.24, 2.45) is 0 Å². The number of hydrogen-bond donors (Lipinski definition) is 1. The van der Waals surface area contributed by atoms with Crippen LogP contribution in [0, 0.1) is 43.4 Å². The highest BCUT2D eigenvalue weighted by molar-refractivity contribution is 5.56. The van der Waals surface area contributed by atoms with Crippen LogP contribution in [0.15, 0.2) is 30.3 Å². The molecule has 1 N–H and O–H groups in total. The van der Waals surface area contributed by atoms with Crippen molar-refractivity contribution in [3.05, 3.63) is 63.7 Å². The lowest BCUT2D eigenvalue weighted by Crippen LogP contribution is -2.03. The molecule has 0 heterocycles. The minimum absolute atomic E-state index is 0.402. The fourth-order valence-corrected chi connectivity index (χ4v) is 2.25. The molecule has 2 aromatic carbocycles. The molecule has 0 aromatic heterocycles. The first-order valence-corrected chi connectivity index (χ1v) is 6.80. The Morgan fingerprint density at radius 1 is 0.857 bits per heavy atom. The molecule has 0 amide bonds. The zero-order chi connectivity index (χ0) is 15.4. The maximum absolute atomic E-state index is 9.04. The van der Waals surface area contributed by atoms with Crippen LogP contribution < -0.4 is 5.32 Å². The lowest BCUT2D eigenvalue weighted by atomic mass is 10.0. The van der Waals surface area contributed by atoms with Crippen molar-refractivity contribution in [3.8, 4) is 12.1 Å². The summed E-state index contributed by atoms with van der Waals surface area (Å²) in [6.45, 7) is 7.01. The molecule has 3 heteroatoms. The van der Waals surface area contributed by atoms with Crippen molar-refractivity contribution in [2.75, 3.05) is 5.32 Å². The van der Waals surface area contributed by atoms with E-state index in [1.165, 1.54) is 22.3 Å². The molecule has 0 spiro atoms. The summed E-state index contributed by atoms with van der Waals surface area (Å²) >= 11 is 0. The van der Waals surface area contributed by atoms with Gasteiger partial charge in [0.05, 0.1) is 11.1 Å². The summed E-state index contributed by atoms with van der Waals surface area (Å²) < 4.78 is 0. The second-order valence-electron chi connectivity index (χ2n) is 5.20. The van der Waals surface area contributed by atoms with E-state index in [0.29, 0.717) is 17.7 Å². The van der Waals surface area contributed by atoms with Crippen molar-refractivity contribution in [1.82, 2.24) is 0 Å². The van der Waals surface area contributed by atoms with Gasteiger partial charge < -0.3 is 5.32 Å². The van der Waals surface area contributed by atoms with Gasteiger partial charge in [0.15, 0.2) is 0 Å². The molecule has 104 valence electrons. The zero-order valence-corrected chi connectivity index (χ0v) is 12.5. The largest absolute Gasteiger partial charge is 0.381 e. The molecule has 0 bridgehead atoms. The lowest BCUT2D eigenvalue weighted by Gasteiger charge is -2.12. The van der Waals surface area contributed by atoms with Gasteiger partial charge in [-0.1, -0.05) is 12.1 Å². The summed E-state index contributed by atoms with van der Waals surface area (Å²) in [5.74, 6) is 0. The third-order valence-electron chi connectivity index (χ3n) is 3.70. The van der Waals surface area contributed by atoms with E-state index in [-0.39, 0.29) is 0 Å². The van der Waals surface area contributed by atoms with Gasteiger partial charge >= 0.3 is 0 Å². The minimum atomic E-state index is 0.402. The molecule has 0 saturated carbocycles. The van der Waals surface area contributed by atoms with Crippen LogP contribution in [0.1, 0.15) is 33.4 Å². The fourth-order valence-electron chi connectivity index (χ4n) is 2.25. The number of hydrogen-bond acceptors (Lipinski definition) is 3. The SMILES string of the molecule is Cc1cc(C)c(CNc2ccc(C#N)c(C#N)c2)cc1C. The minimum Gasteiger partial charge on any atom is -0.381 e. The van der Waals surface area contributed by atoms with Crippen LogP contribution in [0.5, 0.6) is 0 Å². The van der Waals surface area contributed by atoms with E-state index in [1.54, 1.807) is 12.1 Å². The van der Waals surface area contributed by atoms with Crippen LogP contribution in [-0.2, 0) is 6.54 Å². The molecule has 0 atom stereocenters. The number of nitrogens with one attached hydrogen (secondary N) is 1. The van der Waals surface area contributed by atoms with Crippen LogP contribution in [-0.4, -0.2) is 0 Å². The van der Waals surface area contributed by atoms with Crippen molar-refractivity contribution in [2.45, 2.75) is 27.3 Å². The van der Waals surface area contributed by atoms with Gasteiger partial charge in [-0.15, -0.1) is 0 Å². The fraction of sp³-hybridized carbons (Fsp3) is 0.222. The third kappa shape index (κ3) is 3.22. The van der Waals surface area contributed by atoms with Gasteiger partial charge in [-0.05, 0) is 61.2 Å². The van der Waals surface area contributed by atoms with Crippen LogP contribution >= 0.6 is 0 Å². The molecular weight excluding hydrogens is 258 g/mol. The highest BCUT2D eigenvalue weighted by Gasteiger charge is 2.05. The van der Waals surface area contributed by atoms with E-state index < -0.39 is 0 Å². The predicted octanol–water partition coefficient (Wildman–Crippen LogP) is 3.97. The monoisotopic (exact) mass is 275 g/mol. The Balaban J connectivity index is 2.20. The molecule has 2 rings (SSSR count). The summed E-state index contributed by atoms with van der Waals surface area (Å²) in [6.07, 6.45) is 0. The number of nitriles is 2. The van der Waals surface area contributed by atoms with E-state index in [2.05, 4.69) is 44.3 Å². The smallest absolute Gasteiger partial charge is 0.101 e. The zero-order valence-electron chi connectivity index (χ0n) is 12.5. The summed E-state index contributed by atoms with van der Waals surface area (Å²) in [5, 5.41) is 21.3. The van der Waals surface area contributed by atoms with Crippen LogP contribution in [0.25, 0.3) is 0 Å². The topological polar surface area (TPSA) is 59.6 Å². The normalized spacial score (nSPS) is 9.76. The lowest BCUT2D eigenvalue weighted by molar-refractivity contribution is 1.10. The van der Waals surface area contributed by atoms with Crippen LogP contribution in [0.4, 0.5) is 5.69 Å². The average molecular weight is 275 g/mol.